The maximum Gasteiger partial charge on any atom is 0.307 e. The van der Waals surface area contributed by atoms with Crippen LogP contribution in [0.1, 0.15) is 18.4 Å². The second-order valence-corrected chi connectivity index (χ2v) is 6.09. The zero-order chi connectivity index (χ0) is 17.6. The fourth-order valence-electron chi connectivity index (χ4n) is 3.00. The predicted molar refractivity (Wildman–Crippen MR) is 93.4 cm³/mol. The van der Waals surface area contributed by atoms with E-state index in [9.17, 15) is 9.59 Å². The molecule has 25 heavy (non-hydrogen) atoms. The molecule has 1 aliphatic heterocycles. The quantitative estimate of drug-likeness (QED) is 0.864. The molecule has 7 nitrogen and oxygen atoms in total. The van der Waals surface area contributed by atoms with Gasteiger partial charge in [-0.05, 0) is 30.5 Å². The number of anilines is 2. The van der Waals surface area contributed by atoms with E-state index in [1.54, 1.807) is 42.9 Å². The molecule has 2 N–H and O–H groups in total. The lowest BCUT2D eigenvalue weighted by molar-refractivity contribution is -0.136. The highest BCUT2D eigenvalue weighted by molar-refractivity contribution is 5.92. The second kappa shape index (κ2) is 7.74. The lowest BCUT2D eigenvalue weighted by atomic mass is 9.95. The maximum absolute atomic E-state index is 12.5. The van der Waals surface area contributed by atoms with Gasteiger partial charge in [-0.25, -0.2) is 4.98 Å². The number of carbonyl (C=O) groups excluding carboxylic acids is 1. The number of aromatic nitrogens is 2. The van der Waals surface area contributed by atoms with Crippen molar-refractivity contribution in [2.75, 3.05) is 23.3 Å². The van der Waals surface area contributed by atoms with Crippen LogP contribution in [0.5, 0.6) is 0 Å². The van der Waals surface area contributed by atoms with E-state index in [1.165, 1.54) is 0 Å². The number of benzene rings is 1. The van der Waals surface area contributed by atoms with E-state index in [1.807, 2.05) is 0 Å². The standard InChI is InChI=1S/C18H20N4O3/c23-17(24)11-13-2-1-3-15(10-13)21-18(25)14-4-8-22(9-5-14)16-12-19-6-7-20-16/h1-3,6-7,10,12,14H,4-5,8-9,11H2,(H,21,25)(H,23,24). The minimum Gasteiger partial charge on any atom is -0.481 e. The lowest BCUT2D eigenvalue weighted by Gasteiger charge is -2.31. The summed E-state index contributed by atoms with van der Waals surface area (Å²) in [6, 6.07) is 6.98. The Labute approximate surface area is 145 Å². The topological polar surface area (TPSA) is 95.4 Å². The third-order valence-corrected chi connectivity index (χ3v) is 4.29. The van der Waals surface area contributed by atoms with Gasteiger partial charge in [0.25, 0.3) is 0 Å². The van der Waals surface area contributed by atoms with Crippen LogP contribution in [0, 0.1) is 5.92 Å². The Kier molecular flexibility index (Phi) is 5.23. The van der Waals surface area contributed by atoms with Crippen molar-refractivity contribution in [3.8, 4) is 0 Å². The highest BCUT2D eigenvalue weighted by Gasteiger charge is 2.25. The summed E-state index contributed by atoms with van der Waals surface area (Å²) >= 11 is 0. The molecule has 0 atom stereocenters. The van der Waals surface area contributed by atoms with Crippen molar-refractivity contribution in [1.82, 2.24) is 9.97 Å². The molecule has 0 radical (unpaired) electrons. The number of rotatable bonds is 5. The van der Waals surface area contributed by atoms with Gasteiger partial charge in [-0.2, -0.15) is 0 Å². The Bertz CT molecular complexity index is 743. The van der Waals surface area contributed by atoms with Gasteiger partial charge in [0.05, 0.1) is 12.6 Å². The van der Waals surface area contributed by atoms with Crippen molar-refractivity contribution in [2.45, 2.75) is 19.3 Å². The average molecular weight is 340 g/mol. The summed E-state index contributed by atoms with van der Waals surface area (Å²) in [7, 11) is 0. The Balaban J connectivity index is 1.55. The van der Waals surface area contributed by atoms with Crippen LogP contribution in [0.15, 0.2) is 42.9 Å². The number of piperidine rings is 1. The first-order valence-electron chi connectivity index (χ1n) is 8.24. The Morgan fingerprint density at radius 3 is 2.72 bits per heavy atom. The molecule has 2 aromatic rings. The van der Waals surface area contributed by atoms with Crippen LogP contribution in [0.4, 0.5) is 11.5 Å². The molecule has 3 rings (SSSR count). The molecule has 1 aromatic carbocycles. The molecule has 0 aliphatic carbocycles. The first-order chi connectivity index (χ1) is 12.1. The summed E-state index contributed by atoms with van der Waals surface area (Å²) in [5, 5.41) is 11.8. The number of aliphatic carboxylic acids is 1. The van der Waals surface area contributed by atoms with Gasteiger partial charge >= 0.3 is 5.97 Å². The molecule has 1 aromatic heterocycles. The monoisotopic (exact) mass is 340 g/mol. The molecule has 1 fully saturated rings. The lowest BCUT2D eigenvalue weighted by Crippen LogP contribution is -2.38. The second-order valence-electron chi connectivity index (χ2n) is 6.09. The fourth-order valence-corrected chi connectivity index (χ4v) is 3.00. The number of hydrogen-bond acceptors (Lipinski definition) is 5. The van der Waals surface area contributed by atoms with Crippen molar-refractivity contribution in [3.63, 3.8) is 0 Å². The molecule has 7 heteroatoms. The van der Waals surface area contributed by atoms with Gasteiger partial charge in [0, 0.05) is 37.1 Å². The van der Waals surface area contributed by atoms with Gasteiger partial charge in [-0.1, -0.05) is 12.1 Å². The molecule has 1 aliphatic rings. The van der Waals surface area contributed by atoms with Gasteiger partial charge in [-0.15, -0.1) is 0 Å². The number of carboxylic acid groups (broad SMARTS) is 1. The van der Waals surface area contributed by atoms with E-state index in [-0.39, 0.29) is 18.2 Å². The molecular weight excluding hydrogens is 320 g/mol. The van der Waals surface area contributed by atoms with Crippen molar-refractivity contribution >= 4 is 23.4 Å². The summed E-state index contributed by atoms with van der Waals surface area (Å²) in [5.74, 6) is -0.134. The van der Waals surface area contributed by atoms with Crippen molar-refractivity contribution in [1.29, 1.82) is 0 Å². The normalized spacial score (nSPS) is 15.0. The van der Waals surface area contributed by atoms with E-state index < -0.39 is 5.97 Å². The number of nitrogens with zero attached hydrogens (tertiary/aromatic N) is 3. The van der Waals surface area contributed by atoms with E-state index in [2.05, 4.69) is 20.2 Å². The van der Waals surface area contributed by atoms with E-state index in [0.29, 0.717) is 11.3 Å². The Morgan fingerprint density at radius 1 is 1.24 bits per heavy atom. The molecule has 0 unspecified atom stereocenters. The smallest absolute Gasteiger partial charge is 0.307 e. The van der Waals surface area contributed by atoms with Gasteiger partial charge in [0.1, 0.15) is 5.82 Å². The van der Waals surface area contributed by atoms with Crippen LogP contribution in [-0.4, -0.2) is 40.0 Å². The third kappa shape index (κ3) is 4.53. The summed E-state index contributed by atoms with van der Waals surface area (Å²) in [4.78, 5) is 33.8. The maximum atomic E-state index is 12.5. The van der Waals surface area contributed by atoms with Crippen molar-refractivity contribution in [3.05, 3.63) is 48.4 Å². The zero-order valence-corrected chi connectivity index (χ0v) is 13.8. The SMILES string of the molecule is O=C(O)Cc1cccc(NC(=O)C2CCN(c3cnccn3)CC2)c1. The van der Waals surface area contributed by atoms with E-state index in [0.717, 1.165) is 31.7 Å². The Morgan fingerprint density at radius 2 is 2.04 bits per heavy atom. The zero-order valence-electron chi connectivity index (χ0n) is 13.8. The van der Waals surface area contributed by atoms with E-state index >= 15 is 0 Å². The van der Waals surface area contributed by atoms with Gasteiger partial charge < -0.3 is 15.3 Å². The minimum atomic E-state index is -0.889. The molecule has 130 valence electrons. The van der Waals surface area contributed by atoms with Gasteiger partial charge in [0.2, 0.25) is 5.91 Å². The summed E-state index contributed by atoms with van der Waals surface area (Å²) < 4.78 is 0. The number of amides is 1. The van der Waals surface area contributed by atoms with Crippen LogP contribution in [0.2, 0.25) is 0 Å². The number of nitrogens with one attached hydrogen (secondary N) is 1. The number of carboxylic acids is 1. The first kappa shape index (κ1) is 16.9. The average Bonchev–Trinajstić information content (AvgIpc) is 2.62. The van der Waals surface area contributed by atoms with Crippen LogP contribution >= 0.6 is 0 Å². The molecule has 0 spiro atoms. The van der Waals surface area contributed by atoms with Crippen LogP contribution in [0.3, 0.4) is 0 Å². The highest BCUT2D eigenvalue weighted by Crippen LogP contribution is 2.23. The summed E-state index contributed by atoms with van der Waals surface area (Å²) in [6.07, 6.45) is 6.48. The van der Waals surface area contributed by atoms with Crippen molar-refractivity contribution < 1.29 is 14.7 Å². The molecular formula is C18H20N4O3. The number of hydrogen-bond donors (Lipinski definition) is 2. The highest BCUT2D eigenvalue weighted by atomic mass is 16.4. The molecule has 2 heterocycles. The van der Waals surface area contributed by atoms with Crippen LogP contribution in [0.25, 0.3) is 0 Å². The van der Waals surface area contributed by atoms with Gasteiger partial charge in [-0.3, -0.25) is 14.6 Å². The van der Waals surface area contributed by atoms with Crippen molar-refractivity contribution in [2.24, 2.45) is 5.92 Å². The minimum absolute atomic E-state index is 0.0220. The third-order valence-electron chi connectivity index (χ3n) is 4.29. The largest absolute Gasteiger partial charge is 0.481 e. The first-order valence-corrected chi connectivity index (χ1v) is 8.24. The summed E-state index contributed by atoms with van der Waals surface area (Å²) in [6.45, 7) is 1.52. The molecule has 1 amide bonds. The predicted octanol–water partition coefficient (Wildman–Crippen LogP) is 1.96. The molecule has 0 bridgehead atoms. The van der Waals surface area contributed by atoms with E-state index in [4.69, 9.17) is 5.11 Å². The Hall–Kier alpha value is -2.96. The fraction of sp³-hybridized carbons (Fsp3) is 0.333. The summed E-state index contributed by atoms with van der Waals surface area (Å²) in [5.41, 5.74) is 1.31. The number of carbonyl (C=O) groups is 2. The van der Waals surface area contributed by atoms with Gasteiger partial charge in [0.15, 0.2) is 0 Å². The van der Waals surface area contributed by atoms with Crippen LogP contribution in [-0.2, 0) is 16.0 Å². The molecule has 1 saturated heterocycles. The molecule has 0 saturated carbocycles. The van der Waals surface area contributed by atoms with Crippen LogP contribution < -0.4 is 10.2 Å².